The number of carbonyl (C=O) groups is 2. The van der Waals surface area contributed by atoms with Crippen molar-refractivity contribution in [2.24, 2.45) is 0 Å². The molecule has 5 heteroatoms. The highest BCUT2D eigenvalue weighted by atomic mass is 16.4. The van der Waals surface area contributed by atoms with Gasteiger partial charge in [-0.15, -0.1) is 0 Å². The molecule has 0 atom stereocenters. The average molecular weight is 256 g/mol. The molecule has 0 spiro atoms. The van der Waals surface area contributed by atoms with Gasteiger partial charge in [0.2, 0.25) is 0 Å². The first-order valence-corrected chi connectivity index (χ1v) is 6.65. The minimum Gasteiger partial charge on any atom is -0.481 e. The van der Waals surface area contributed by atoms with E-state index in [0.717, 1.165) is 25.7 Å². The zero-order valence-corrected chi connectivity index (χ0v) is 11.5. The first-order valence-electron chi connectivity index (χ1n) is 6.65. The van der Waals surface area contributed by atoms with E-state index in [-0.39, 0.29) is 30.6 Å². The van der Waals surface area contributed by atoms with Crippen LogP contribution in [0.25, 0.3) is 0 Å². The highest BCUT2D eigenvalue weighted by Crippen LogP contribution is 2.29. The van der Waals surface area contributed by atoms with Gasteiger partial charge < -0.3 is 15.3 Å². The Morgan fingerprint density at radius 2 is 1.89 bits per heavy atom. The molecule has 1 rings (SSSR count). The molecule has 2 amide bonds. The molecule has 0 unspecified atom stereocenters. The molecule has 0 heterocycles. The van der Waals surface area contributed by atoms with Crippen LogP contribution in [0, 0.1) is 0 Å². The number of carboxylic acid groups (broad SMARTS) is 1. The first-order chi connectivity index (χ1) is 8.34. The number of hydrogen-bond donors (Lipinski definition) is 2. The fourth-order valence-electron chi connectivity index (χ4n) is 2.42. The van der Waals surface area contributed by atoms with Gasteiger partial charge in [-0.25, -0.2) is 4.79 Å². The molecular formula is C13H24N2O3. The Balaban J connectivity index is 2.56. The van der Waals surface area contributed by atoms with Gasteiger partial charge in [0.05, 0.1) is 6.42 Å². The number of carboxylic acids is 1. The molecule has 1 aliphatic carbocycles. The van der Waals surface area contributed by atoms with Crippen molar-refractivity contribution in [1.29, 1.82) is 0 Å². The molecule has 1 aliphatic rings. The van der Waals surface area contributed by atoms with Gasteiger partial charge in [-0.05, 0) is 33.6 Å². The van der Waals surface area contributed by atoms with Crippen LogP contribution in [0.15, 0.2) is 0 Å². The maximum absolute atomic E-state index is 12.2. The monoisotopic (exact) mass is 256 g/mol. The number of nitrogens with one attached hydrogen (secondary N) is 1. The first kappa shape index (κ1) is 14.8. The Hall–Kier alpha value is -1.26. The maximum Gasteiger partial charge on any atom is 0.318 e. The second-order valence-corrected chi connectivity index (χ2v) is 5.63. The van der Waals surface area contributed by atoms with Gasteiger partial charge in [-0.1, -0.05) is 12.8 Å². The lowest BCUT2D eigenvalue weighted by molar-refractivity contribution is -0.137. The van der Waals surface area contributed by atoms with Crippen LogP contribution in [0.5, 0.6) is 0 Å². The number of amides is 2. The van der Waals surface area contributed by atoms with Gasteiger partial charge in [0.1, 0.15) is 0 Å². The van der Waals surface area contributed by atoms with Crippen LogP contribution in [0.3, 0.4) is 0 Å². The summed E-state index contributed by atoms with van der Waals surface area (Å²) in [6.45, 7) is 6.12. The third-order valence-electron chi connectivity index (χ3n) is 3.57. The molecule has 104 valence electrons. The van der Waals surface area contributed by atoms with Crippen LogP contribution in [-0.4, -0.2) is 40.1 Å². The van der Waals surface area contributed by atoms with Gasteiger partial charge in [0.15, 0.2) is 0 Å². The summed E-state index contributed by atoms with van der Waals surface area (Å²) in [4.78, 5) is 24.4. The highest BCUT2D eigenvalue weighted by molar-refractivity contribution is 5.76. The molecule has 2 N–H and O–H groups in total. The smallest absolute Gasteiger partial charge is 0.318 e. The molecule has 1 fully saturated rings. The molecular weight excluding hydrogens is 232 g/mol. The Morgan fingerprint density at radius 1 is 1.33 bits per heavy atom. The second kappa shape index (κ2) is 6.07. The van der Waals surface area contributed by atoms with E-state index in [0.29, 0.717) is 0 Å². The van der Waals surface area contributed by atoms with Crippen molar-refractivity contribution in [1.82, 2.24) is 10.2 Å². The van der Waals surface area contributed by atoms with Gasteiger partial charge in [0, 0.05) is 18.1 Å². The van der Waals surface area contributed by atoms with Crippen LogP contribution in [0.2, 0.25) is 0 Å². The molecule has 0 radical (unpaired) electrons. The van der Waals surface area contributed by atoms with E-state index >= 15 is 0 Å². The van der Waals surface area contributed by atoms with E-state index in [2.05, 4.69) is 12.2 Å². The Morgan fingerprint density at radius 3 is 2.33 bits per heavy atom. The fraction of sp³-hybridized carbons (Fsp3) is 0.846. The average Bonchev–Trinajstić information content (AvgIpc) is 2.63. The highest BCUT2D eigenvalue weighted by Gasteiger charge is 2.32. The molecule has 0 bridgehead atoms. The van der Waals surface area contributed by atoms with Crippen molar-refractivity contribution >= 4 is 12.0 Å². The zero-order valence-electron chi connectivity index (χ0n) is 11.5. The van der Waals surface area contributed by atoms with Gasteiger partial charge >= 0.3 is 12.0 Å². The van der Waals surface area contributed by atoms with Crippen molar-refractivity contribution in [3.63, 3.8) is 0 Å². The standard InChI is InChI=1S/C13H24N2O3/c1-10(2)15(9-6-11(16)17)12(18)14-13(3)7-4-5-8-13/h10H,4-9H2,1-3H3,(H,14,18)(H,16,17). The Bertz CT molecular complexity index is 309. The number of hydrogen-bond acceptors (Lipinski definition) is 2. The van der Waals surface area contributed by atoms with Crippen molar-refractivity contribution in [3.8, 4) is 0 Å². The molecule has 0 saturated heterocycles. The summed E-state index contributed by atoms with van der Waals surface area (Å²) in [5.74, 6) is -0.875. The molecule has 18 heavy (non-hydrogen) atoms. The third-order valence-corrected chi connectivity index (χ3v) is 3.57. The van der Waals surface area contributed by atoms with E-state index in [1.807, 2.05) is 13.8 Å². The predicted molar refractivity (Wildman–Crippen MR) is 69.5 cm³/mol. The number of rotatable bonds is 5. The molecule has 0 aliphatic heterocycles. The topological polar surface area (TPSA) is 69.6 Å². The number of urea groups is 1. The lowest BCUT2D eigenvalue weighted by Gasteiger charge is -2.32. The van der Waals surface area contributed by atoms with E-state index in [1.54, 1.807) is 4.90 Å². The summed E-state index contributed by atoms with van der Waals surface area (Å²) in [6.07, 6.45) is 4.29. The van der Waals surface area contributed by atoms with Crippen LogP contribution in [0.4, 0.5) is 4.79 Å². The quantitative estimate of drug-likeness (QED) is 0.792. The number of nitrogens with zero attached hydrogens (tertiary/aromatic N) is 1. The van der Waals surface area contributed by atoms with Crippen LogP contribution in [0.1, 0.15) is 52.9 Å². The lowest BCUT2D eigenvalue weighted by Crippen LogP contribution is -2.52. The van der Waals surface area contributed by atoms with Crippen molar-refractivity contribution in [2.75, 3.05) is 6.54 Å². The SMILES string of the molecule is CC(C)N(CCC(=O)O)C(=O)NC1(C)CCCC1. The van der Waals surface area contributed by atoms with E-state index < -0.39 is 5.97 Å². The molecule has 1 saturated carbocycles. The van der Waals surface area contributed by atoms with Gasteiger partial charge in [-0.2, -0.15) is 0 Å². The molecule has 5 nitrogen and oxygen atoms in total. The maximum atomic E-state index is 12.2. The summed E-state index contributed by atoms with van der Waals surface area (Å²) >= 11 is 0. The van der Waals surface area contributed by atoms with E-state index in [9.17, 15) is 9.59 Å². The van der Waals surface area contributed by atoms with Crippen molar-refractivity contribution in [2.45, 2.75) is 64.5 Å². The molecule has 0 aromatic heterocycles. The summed E-state index contributed by atoms with van der Waals surface area (Å²) in [7, 11) is 0. The normalized spacial score (nSPS) is 17.8. The fourth-order valence-corrected chi connectivity index (χ4v) is 2.42. The molecule has 0 aromatic carbocycles. The zero-order chi connectivity index (χ0) is 13.8. The van der Waals surface area contributed by atoms with E-state index in [4.69, 9.17) is 5.11 Å². The summed E-state index contributed by atoms with van der Waals surface area (Å²) in [6, 6.07) is -0.134. The summed E-state index contributed by atoms with van der Waals surface area (Å²) in [5, 5.41) is 11.8. The Labute approximate surface area is 109 Å². The lowest BCUT2D eigenvalue weighted by atomic mass is 10.0. The predicted octanol–water partition coefficient (Wildman–Crippen LogP) is 2.21. The largest absolute Gasteiger partial charge is 0.481 e. The van der Waals surface area contributed by atoms with Crippen molar-refractivity contribution < 1.29 is 14.7 Å². The van der Waals surface area contributed by atoms with E-state index in [1.165, 1.54) is 0 Å². The number of aliphatic carboxylic acids is 1. The second-order valence-electron chi connectivity index (χ2n) is 5.63. The Kier molecular flexibility index (Phi) is 4.99. The summed E-state index contributed by atoms with van der Waals surface area (Å²) < 4.78 is 0. The van der Waals surface area contributed by atoms with Crippen LogP contribution >= 0.6 is 0 Å². The molecule has 0 aromatic rings. The van der Waals surface area contributed by atoms with Crippen molar-refractivity contribution in [3.05, 3.63) is 0 Å². The van der Waals surface area contributed by atoms with Gasteiger partial charge in [-0.3, -0.25) is 4.79 Å². The number of carbonyl (C=O) groups excluding carboxylic acids is 1. The minimum atomic E-state index is -0.875. The van der Waals surface area contributed by atoms with Crippen LogP contribution < -0.4 is 5.32 Å². The minimum absolute atomic E-state index is 0.00866. The van der Waals surface area contributed by atoms with Crippen LogP contribution in [-0.2, 0) is 4.79 Å². The third kappa shape index (κ3) is 4.20. The summed E-state index contributed by atoms with van der Waals surface area (Å²) in [5.41, 5.74) is -0.118. The van der Waals surface area contributed by atoms with Gasteiger partial charge in [0.25, 0.3) is 0 Å².